The van der Waals surface area contributed by atoms with Gasteiger partial charge in [-0.15, -0.1) is 0 Å². The Kier molecular flexibility index (Phi) is 3.78. The van der Waals surface area contributed by atoms with E-state index in [-0.39, 0.29) is 0 Å². The van der Waals surface area contributed by atoms with E-state index in [9.17, 15) is 0 Å². The van der Waals surface area contributed by atoms with Crippen molar-refractivity contribution >= 4 is 11.5 Å². The maximum atomic E-state index is 8.71. The summed E-state index contributed by atoms with van der Waals surface area (Å²) in [6, 6.07) is 3.65. The number of ether oxygens (including phenoxy) is 1. The molecule has 0 atom stereocenters. The number of hydrogen-bond donors (Lipinski definition) is 2. The summed E-state index contributed by atoms with van der Waals surface area (Å²) in [6.07, 6.45) is 3.68. The topological polar surface area (TPSA) is 84.0 Å². The van der Waals surface area contributed by atoms with Crippen molar-refractivity contribution in [2.75, 3.05) is 30.8 Å². The third-order valence-corrected chi connectivity index (χ3v) is 2.95. The fourth-order valence-corrected chi connectivity index (χ4v) is 1.88. The summed E-state index contributed by atoms with van der Waals surface area (Å²) in [6.45, 7) is 2.53. The average Bonchev–Trinajstić information content (AvgIpc) is 2.38. The van der Waals surface area contributed by atoms with Crippen molar-refractivity contribution in [3.8, 4) is 6.07 Å². The van der Waals surface area contributed by atoms with E-state index in [0.29, 0.717) is 23.0 Å². The molecule has 0 amide bonds. The molecule has 0 aliphatic carbocycles. The first kappa shape index (κ1) is 11.7. The van der Waals surface area contributed by atoms with Crippen molar-refractivity contribution in [1.29, 1.82) is 5.26 Å². The molecule has 2 rings (SSSR count). The van der Waals surface area contributed by atoms with Crippen molar-refractivity contribution in [1.82, 2.24) is 4.98 Å². The molecule has 0 radical (unpaired) electrons. The Labute approximate surface area is 101 Å². The van der Waals surface area contributed by atoms with E-state index in [1.165, 1.54) is 6.20 Å². The highest BCUT2D eigenvalue weighted by Crippen LogP contribution is 2.19. The van der Waals surface area contributed by atoms with Crippen LogP contribution in [0.1, 0.15) is 18.4 Å². The summed E-state index contributed by atoms with van der Waals surface area (Å²) in [7, 11) is 0. The van der Waals surface area contributed by atoms with Crippen LogP contribution >= 0.6 is 0 Å². The summed E-state index contributed by atoms with van der Waals surface area (Å²) in [4.78, 5) is 4.14. The predicted octanol–water partition coefficient (Wildman–Crippen LogP) is 1.37. The van der Waals surface area contributed by atoms with E-state index in [1.807, 2.05) is 6.07 Å². The lowest BCUT2D eigenvalue weighted by atomic mass is 10.0. The van der Waals surface area contributed by atoms with Gasteiger partial charge in [0.05, 0.1) is 11.3 Å². The minimum absolute atomic E-state index is 0.485. The molecule has 1 fully saturated rings. The van der Waals surface area contributed by atoms with Crippen LogP contribution in [0.4, 0.5) is 11.5 Å². The second-order valence-electron chi connectivity index (χ2n) is 4.21. The quantitative estimate of drug-likeness (QED) is 0.822. The summed E-state index contributed by atoms with van der Waals surface area (Å²) in [5.41, 5.74) is 6.82. The third kappa shape index (κ3) is 3.08. The molecule has 0 aromatic carbocycles. The number of nitrogens with one attached hydrogen (secondary N) is 1. The third-order valence-electron chi connectivity index (χ3n) is 2.95. The van der Waals surface area contributed by atoms with Crippen molar-refractivity contribution in [2.24, 2.45) is 5.92 Å². The van der Waals surface area contributed by atoms with Gasteiger partial charge in [0.15, 0.2) is 0 Å². The first-order valence-electron chi connectivity index (χ1n) is 5.77. The van der Waals surface area contributed by atoms with E-state index in [1.54, 1.807) is 6.07 Å². The number of nitrogen functional groups attached to an aromatic ring is 1. The van der Waals surface area contributed by atoms with Gasteiger partial charge in [0, 0.05) is 26.0 Å². The van der Waals surface area contributed by atoms with Gasteiger partial charge in [-0.2, -0.15) is 5.26 Å². The predicted molar refractivity (Wildman–Crippen MR) is 65.4 cm³/mol. The van der Waals surface area contributed by atoms with Crippen molar-refractivity contribution in [3.05, 3.63) is 17.8 Å². The number of nitrogens with two attached hydrogens (primary N) is 1. The molecule has 2 heterocycles. The van der Waals surface area contributed by atoms with E-state index in [2.05, 4.69) is 10.3 Å². The zero-order valence-electron chi connectivity index (χ0n) is 9.65. The molecule has 1 aliphatic rings. The summed E-state index contributed by atoms with van der Waals surface area (Å²) in [5.74, 6) is 1.27. The molecule has 1 aliphatic heterocycles. The Hall–Kier alpha value is -1.80. The van der Waals surface area contributed by atoms with Gasteiger partial charge in [0.2, 0.25) is 0 Å². The summed E-state index contributed by atoms with van der Waals surface area (Å²) >= 11 is 0. The molecule has 5 heteroatoms. The van der Waals surface area contributed by atoms with E-state index in [4.69, 9.17) is 15.7 Å². The Morgan fingerprint density at radius 2 is 2.29 bits per heavy atom. The zero-order valence-corrected chi connectivity index (χ0v) is 9.65. The molecule has 5 nitrogen and oxygen atoms in total. The highest BCUT2D eigenvalue weighted by Gasteiger charge is 2.14. The summed E-state index contributed by atoms with van der Waals surface area (Å²) < 4.78 is 5.30. The molecule has 1 aromatic heterocycles. The van der Waals surface area contributed by atoms with E-state index >= 15 is 0 Å². The van der Waals surface area contributed by atoms with Gasteiger partial charge < -0.3 is 15.8 Å². The fraction of sp³-hybridized carbons (Fsp3) is 0.500. The largest absolute Gasteiger partial charge is 0.396 e. The lowest BCUT2D eigenvalue weighted by Crippen LogP contribution is -2.23. The Morgan fingerprint density at radius 1 is 1.53 bits per heavy atom. The van der Waals surface area contributed by atoms with Gasteiger partial charge >= 0.3 is 0 Å². The minimum Gasteiger partial charge on any atom is -0.396 e. The molecular weight excluding hydrogens is 216 g/mol. The second-order valence-corrected chi connectivity index (χ2v) is 4.21. The molecule has 3 N–H and O–H groups in total. The standard InChI is InChI=1S/C12H16N4O/c13-6-10-5-11(14)12(16-8-10)15-7-9-1-3-17-4-2-9/h5,8-9H,1-4,7,14H2,(H,15,16). The molecule has 0 saturated carbocycles. The lowest BCUT2D eigenvalue weighted by molar-refractivity contribution is 0.0699. The highest BCUT2D eigenvalue weighted by atomic mass is 16.5. The normalized spacial score (nSPS) is 16.4. The van der Waals surface area contributed by atoms with Crippen LogP contribution in [-0.2, 0) is 4.74 Å². The van der Waals surface area contributed by atoms with Crippen molar-refractivity contribution in [2.45, 2.75) is 12.8 Å². The molecule has 1 aromatic rings. The molecule has 0 unspecified atom stereocenters. The lowest BCUT2D eigenvalue weighted by Gasteiger charge is -2.22. The van der Waals surface area contributed by atoms with Gasteiger partial charge in [-0.05, 0) is 24.8 Å². The first-order chi connectivity index (χ1) is 8.29. The summed E-state index contributed by atoms with van der Waals surface area (Å²) in [5, 5.41) is 11.9. The van der Waals surface area contributed by atoms with Crippen LogP contribution in [0.15, 0.2) is 12.3 Å². The second kappa shape index (κ2) is 5.51. The number of anilines is 2. The molecule has 1 saturated heterocycles. The van der Waals surface area contributed by atoms with E-state index < -0.39 is 0 Å². The van der Waals surface area contributed by atoms with Crippen LogP contribution in [0.2, 0.25) is 0 Å². The maximum absolute atomic E-state index is 8.71. The molecule has 0 bridgehead atoms. The maximum Gasteiger partial charge on any atom is 0.149 e. The van der Waals surface area contributed by atoms with Crippen molar-refractivity contribution in [3.63, 3.8) is 0 Å². The smallest absolute Gasteiger partial charge is 0.149 e. The van der Waals surface area contributed by atoms with Crippen LogP contribution in [0.3, 0.4) is 0 Å². The first-order valence-corrected chi connectivity index (χ1v) is 5.77. The van der Waals surface area contributed by atoms with Crippen molar-refractivity contribution < 1.29 is 4.74 Å². The minimum atomic E-state index is 0.485. The Morgan fingerprint density at radius 3 is 2.94 bits per heavy atom. The molecule has 17 heavy (non-hydrogen) atoms. The van der Waals surface area contributed by atoms with Crippen LogP contribution in [0, 0.1) is 17.2 Å². The van der Waals surface area contributed by atoms with Gasteiger partial charge in [0.1, 0.15) is 11.9 Å². The number of nitrogens with zero attached hydrogens (tertiary/aromatic N) is 2. The fourth-order valence-electron chi connectivity index (χ4n) is 1.88. The van der Waals surface area contributed by atoms with Gasteiger partial charge in [-0.25, -0.2) is 4.98 Å². The van der Waals surface area contributed by atoms with Gasteiger partial charge in [0.25, 0.3) is 0 Å². The molecule has 90 valence electrons. The van der Waals surface area contributed by atoms with Crippen LogP contribution in [0.25, 0.3) is 0 Å². The monoisotopic (exact) mass is 232 g/mol. The van der Waals surface area contributed by atoms with Crippen LogP contribution < -0.4 is 11.1 Å². The molecule has 0 spiro atoms. The Balaban J connectivity index is 1.92. The van der Waals surface area contributed by atoms with Crippen LogP contribution in [0.5, 0.6) is 0 Å². The number of hydrogen-bond acceptors (Lipinski definition) is 5. The van der Waals surface area contributed by atoms with Gasteiger partial charge in [-0.1, -0.05) is 0 Å². The number of aromatic nitrogens is 1. The number of nitriles is 1. The van der Waals surface area contributed by atoms with Crippen LogP contribution in [-0.4, -0.2) is 24.7 Å². The average molecular weight is 232 g/mol. The zero-order chi connectivity index (χ0) is 12.1. The highest BCUT2D eigenvalue weighted by molar-refractivity contribution is 5.62. The molecular formula is C12H16N4O. The Bertz CT molecular complexity index is 421. The number of rotatable bonds is 3. The van der Waals surface area contributed by atoms with Gasteiger partial charge in [-0.3, -0.25) is 0 Å². The number of pyridine rings is 1. The SMILES string of the molecule is N#Cc1cnc(NCC2CCOCC2)c(N)c1. The van der Waals surface area contributed by atoms with E-state index in [0.717, 1.165) is 32.6 Å².